The predicted molar refractivity (Wildman–Crippen MR) is 143 cm³/mol. The second kappa shape index (κ2) is 10.3. The molecule has 0 amide bonds. The van der Waals surface area contributed by atoms with Gasteiger partial charge in [0.2, 0.25) is 0 Å². The van der Waals surface area contributed by atoms with E-state index in [0.29, 0.717) is 31.3 Å². The Labute approximate surface area is 206 Å². The van der Waals surface area contributed by atoms with Crippen LogP contribution in [0.3, 0.4) is 0 Å². The van der Waals surface area contributed by atoms with Gasteiger partial charge in [0.05, 0.1) is 0 Å². The third kappa shape index (κ3) is 5.71. The van der Waals surface area contributed by atoms with Crippen molar-refractivity contribution in [3.63, 3.8) is 0 Å². The molecule has 0 heterocycles. The molecule has 4 rings (SSSR count). The van der Waals surface area contributed by atoms with Crippen molar-refractivity contribution in [3.05, 3.63) is 90.5 Å². The van der Waals surface area contributed by atoms with Crippen molar-refractivity contribution in [2.45, 2.75) is 48.6 Å². The van der Waals surface area contributed by atoms with Crippen molar-refractivity contribution < 1.29 is 8.42 Å². The fraction of sp³-hybridized carbons (Fsp3) is 0.357. The summed E-state index contributed by atoms with van der Waals surface area (Å²) in [6.45, 7) is 6.98. The summed E-state index contributed by atoms with van der Waals surface area (Å²) in [6.07, 6.45) is 2.17. The van der Waals surface area contributed by atoms with Crippen molar-refractivity contribution in [2.24, 2.45) is 11.8 Å². The first kappa shape index (κ1) is 24.5. The van der Waals surface area contributed by atoms with Gasteiger partial charge in [-0.3, -0.25) is 0 Å². The summed E-state index contributed by atoms with van der Waals surface area (Å²) in [5.41, 5.74) is 1.71. The van der Waals surface area contributed by atoms with Crippen LogP contribution in [0.25, 0.3) is 0 Å². The number of hydrogen-bond donors (Lipinski definition) is 0. The first-order valence-electron chi connectivity index (χ1n) is 11.8. The number of rotatable bonds is 8. The average Bonchev–Trinajstić information content (AvgIpc) is 3.21. The molecule has 3 aromatic carbocycles. The van der Waals surface area contributed by atoms with E-state index < -0.39 is 17.9 Å². The quantitative estimate of drug-likeness (QED) is 0.366. The zero-order chi connectivity index (χ0) is 23.5. The molecule has 5 heteroatoms. The van der Waals surface area contributed by atoms with Gasteiger partial charge in [-0.15, -0.1) is 0 Å². The number of hydrogen-bond acceptors (Lipinski definition) is 2. The minimum atomic E-state index is -3.29. The van der Waals surface area contributed by atoms with Gasteiger partial charge in [-0.25, -0.2) is 0 Å². The Bertz CT molecular complexity index is 1150. The van der Waals surface area contributed by atoms with Crippen LogP contribution in [0.4, 0.5) is 0 Å². The monoisotopic (exact) mass is 542 g/mol. The molecule has 3 atom stereocenters. The second-order valence-electron chi connectivity index (χ2n) is 9.91. The molecule has 0 aromatic heterocycles. The molecule has 0 spiro atoms. The summed E-state index contributed by atoms with van der Waals surface area (Å²) < 4.78 is 28.1. The molecular formula is C28H34O2SSeSi. The van der Waals surface area contributed by atoms with Gasteiger partial charge in [-0.1, -0.05) is 0 Å². The van der Waals surface area contributed by atoms with E-state index >= 15 is 0 Å². The Morgan fingerprint density at radius 2 is 1.45 bits per heavy atom. The van der Waals surface area contributed by atoms with Gasteiger partial charge in [0.1, 0.15) is 0 Å². The molecule has 0 N–H and O–H groups in total. The second-order valence-corrected chi connectivity index (χ2v) is 19.0. The van der Waals surface area contributed by atoms with E-state index in [2.05, 4.69) is 73.8 Å². The maximum absolute atomic E-state index is 13.4. The molecule has 0 radical (unpaired) electrons. The van der Waals surface area contributed by atoms with Crippen LogP contribution in [0.1, 0.15) is 18.4 Å². The predicted octanol–water partition coefficient (Wildman–Crippen LogP) is 5.23. The van der Waals surface area contributed by atoms with E-state index in [-0.39, 0.29) is 11.7 Å². The molecule has 0 aliphatic heterocycles. The Morgan fingerprint density at radius 3 is 2.09 bits per heavy atom. The Morgan fingerprint density at radius 1 is 0.848 bits per heavy atom. The van der Waals surface area contributed by atoms with Crippen molar-refractivity contribution in [3.8, 4) is 0 Å². The van der Waals surface area contributed by atoms with Gasteiger partial charge < -0.3 is 0 Å². The molecule has 0 unspecified atom stereocenters. The third-order valence-electron chi connectivity index (χ3n) is 7.41. The van der Waals surface area contributed by atoms with Gasteiger partial charge in [-0.05, 0) is 0 Å². The Hall–Kier alpha value is -1.65. The zero-order valence-corrected chi connectivity index (χ0v) is 23.3. The van der Waals surface area contributed by atoms with Gasteiger partial charge in [0, 0.05) is 0 Å². The summed E-state index contributed by atoms with van der Waals surface area (Å²) >= 11 is 0.363. The van der Waals surface area contributed by atoms with E-state index in [0.717, 1.165) is 23.7 Å². The molecule has 1 fully saturated rings. The van der Waals surface area contributed by atoms with Crippen LogP contribution in [0.15, 0.2) is 89.8 Å². The Kier molecular flexibility index (Phi) is 7.65. The molecular weight excluding hydrogens is 507 g/mol. The summed E-state index contributed by atoms with van der Waals surface area (Å²) in [4.78, 5) is 0.475. The molecule has 33 heavy (non-hydrogen) atoms. The van der Waals surface area contributed by atoms with Gasteiger partial charge in [0.25, 0.3) is 0 Å². The topological polar surface area (TPSA) is 34.1 Å². The van der Waals surface area contributed by atoms with Crippen LogP contribution < -0.4 is 9.65 Å². The number of aryl methyl sites for hydroxylation is 1. The van der Waals surface area contributed by atoms with E-state index in [9.17, 15) is 8.42 Å². The first-order chi connectivity index (χ1) is 15.8. The fourth-order valence-corrected chi connectivity index (χ4v) is 14.0. The van der Waals surface area contributed by atoms with Crippen LogP contribution >= 0.6 is 0 Å². The van der Waals surface area contributed by atoms with Gasteiger partial charge >= 0.3 is 208 Å². The number of sulfone groups is 1. The standard InChI is InChI=1S/C28H34O2SSeSi/c1-22-14-17-24(18-15-22)31(29,30)20-23-16-19-28(33(2,3)26-12-8-5-9-13-26)27(23)21-32-25-10-6-4-7-11-25/h4-15,17-18,23,27-28H,16,19-21H2,1-3H3/t23-,27+,28+/m1/s1. The molecule has 1 aliphatic carbocycles. The van der Waals surface area contributed by atoms with Crippen LogP contribution in [-0.2, 0) is 9.84 Å². The normalized spacial score (nSPS) is 21.2. The van der Waals surface area contributed by atoms with Crippen molar-refractivity contribution in [1.82, 2.24) is 0 Å². The summed E-state index contributed by atoms with van der Waals surface area (Å²) in [5.74, 6) is 0.983. The summed E-state index contributed by atoms with van der Waals surface area (Å²) in [6, 6.07) is 29.1. The average molecular weight is 542 g/mol. The minimum absolute atomic E-state index is 0.238. The molecule has 174 valence electrons. The van der Waals surface area contributed by atoms with E-state index in [1.54, 1.807) is 12.1 Å². The first-order valence-corrected chi connectivity index (χ1v) is 18.6. The maximum atomic E-state index is 13.4. The summed E-state index contributed by atoms with van der Waals surface area (Å²) in [7, 11) is -5.02. The van der Waals surface area contributed by atoms with Crippen LogP contribution in [0.5, 0.6) is 0 Å². The van der Waals surface area contributed by atoms with Crippen LogP contribution in [0.2, 0.25) is 24.0 Å². The molecule has 2 nitrogen and oxygen atoms in total. The van der Waals surface area contributed by atoms with E-state index in [1.807, 2.05) is 19.1 Å². The van der Waals surface area contributed by atoms with Crippen molar-refractivity contribution in [2.75, 3.05) is 5.75 Å². The molecule has 1 aliphatic rings. The van der Waals surface area contributed by atoms with Crippen molar-refractivity contribution in [1.29, 1.82) is 0 Å². The zero-order valence-electron chi connectivity index (χ0n) is 19.8. The molecule has 0 saturated heterocycles. The molecule has 1 saturated carbocycles. The molecule has 3 aromatic rings. The van der Waals surface area contributed by atoms with Crippen molar-refractivity contribution >= 4 is 42.5 Å². The number of benzene rings is 3. The van der Waals surface area contributed by atoms with Gasteiger partial charge in [-0.2, -0.15) is 0 Å². The fourth-order valence-electron chi connectivity index (χ4n) is 5.42. The Balaban J connectivity index is 1.60. The third-order valence-corrected chi connectivity index (χ3v) is 16.1. The van der Waals surface area contributed by atoms with E-state index in [1.165, 1.54) is 9.65 Å². The molecule has 0 bridgehead atoms. The SMILES string of the molecule is Cc1ccc(S(=O)(=O)C[C@H]2CC[C@H]([Si](C)(C)c3ccccc3)[C@H]2C[Se]c2ccccc2)cc1. The van der Waals surface area contributed by atoms with Gasteiger partial charge in [0.15, 0.2) is 0 Å². The van der Waals surface area contributed by atoms with Crippen LogP contribution in [0, 0.1) is 18.8 Å². The van der Waals surface area contributed by atoms with E-state index in [4.69, 9.17) is 0 Å². The summed E-state index contributed by atoms with van der Waals surface area (Å²) in [5, 5.41) is 2.62. The van der Waals surface area contributed by atoms with Crippen LogP contribution in [-0.4, -0.2) is 37.2 Å².